The summed E-state index contributed by atoms with van der Waals surface area (Å²) in [6.45, 7) is 2.62. The molecule has 3 heterocycles. The molecular weight excluding hydrogens is 416 g/mol. The van der Waals surface area contributed by atoms with Crippen molar-refractivity contribution in [3.05, 3.63) is 109 Å². The number of nitrogens with zero attached hydrogens (tertiary/aromatic N) is 3. The Morgan fingerprint density at radius 1 is 0.938 bits per heavy atom. The number of thiocarbonyl (C=S) groups is 1. The standard InChI is InChI=1S/C26H24N4OS/c1-2-31-22-13-11-21(12-14-22)30-25(24(28-26(30)32)23-10-6-7-16-27-23)19-15-17-29(18-19)20-8-4-3-5-9-20/h3-18,24-25H,2H2,1H3,(H,28,32)/t24-,25+/m1/s1. The average Bonchev–Trinajstić information content (AvgIpc) is 3.46. The molecule has 1 fully saturated rings. The molecule has 2 aromatic carbocycles. The molecular formula is C26H24N4OS. The molecule has 32 heavy (non-hydrogen) atoms. The first kappa shape index (κ1) is 20.3. The van der Waals surface area contributed by atoms with Gasteiger partial charge in [0.25, 0.3) is 0 Å². The van der Waals surface area contributed by atoms with Crippen molar-refractivity contribution in [1.29, 1.82) is 0 Å². The van der Waals surface area contributed by atoms with Crippen LogP contribution in [0, 0.1) is 0 Å². The van der Waals surface area contributed by atoms with E-state index in [9.17, 15) is 0 Å². The third-order valence-corrected chi connectivity index (χ3v) is 5.95. The van der Waals surface area contributed by atoms with Crippen LogP contribution >= 0.6 is 12.2 Å². The van der Waals surface area contributed by atoms with E-state index >= 15 is 0 Å². The maximum atomic E-state index is 5.81. The van der Waals surface area contributed by atoms with Crippen LogP contribution in [0.4, 0.5) is 5.69 Å². The van der Waals surface area contributed by atoms with Crippen molar-refractivity contribution in [3.63, 3.8) is 0 Å². The summed E-state index contributed by atoms with van der Waals surface area (Å²) in [5, 5.41) is 4.19. The molecule has 6 heteroatoms. The van der Waals surface area contributed by atoms with Crippen LogP contribution in [0.2, 0.25) is 0 Å². The highest BCUT2D eigenvalue weighted by Crippen LogP contribution is 2.42. The number of hydrogen-bond donors (Lipinski definition) is 1. The third kappa shape index (κ3) is 3.85. The fraction of sp³-hybridized carbons (Fsp3) is 0.154. The van der Waals surface area contributed by atoms with E-state index in [0.29, 0.717) is 11.7 Å². The molecule has 0 aliphatic carbocycles. The number of benzene rings is 2. The highest BCUT2D eigenvalue weighted by atomic mass is 32.1. The first-order valence-corrected chi connectivity index (χ1v) is 11.1. The van der Waals surface area contributed by atoms with Crippen LogP contribution in [0.1, 0.15) is 30.3 Å². The number of anilines is 1. The van der Waals surface area contributed by atoms with E-state index < -0.39 is 0 Å². The molecule has 2 aromatic heterocycles. The minimum Gasteiger partial charge on any atom is -0.494 e. The molecule has 0 unspecified atom stereocenters. The number of rotatable bonds is 6. The molecule has 5 nitrogen and oxygen atoms in total. The van der Waals surface area contributed by atoms with E-state index in [0.717, 1.165) is 28.4 Å². The van der Waals surface area contributed by atoms with Crippen molar-refractivity contribution in [2.75, 3.05) is 11.5 Å². The van der Waals surface area contributed by atoms with Crippen LogP contribution in [0.15, 0.2) is 97.5 Å². The van der Waals surface area contributed by atoms with Crippen molar-refractivity contribution in [2.24, 2.45) is 0 Å². The predicted octanol–water partition coefficient (Wildman–Crippen LogP) is 5.45. The predicted molar refractivity (Wildman–Crippen MR) is 131 cm³/mol. The summed E-state index contributed by atoms with van der Waals surface area (Å²) < 4.78 is 7.77. The molecule has 1 saturated heterocycles. The topological polar surface area (TPSA) is 42.3 Å². The molecule has 0 saturated carbocycles. The zero-order valence-electron chi connectivity index (χ0n) is 17.8. The van der Waals surface area contributed by atoms with E-state index in [4.69, 9.17) is 17.0 Å². The maximum Gasteiger partial charge on any atom is 0.174 e. The smallest absolute Gasteiger partial charge is 0.174 e. The fourth-order valence-corrected chi connectivity index (χ4v) is 4.54. The van der Waals surface area contributed by atoms with E-state index in [-0.39, 0.29) is 12.1 Å². The van der Waals surface area contributed by atoms with Gasteiger partial charge in [-0.1, -0.05) is 24.3 Å². The molecule has 0 radical (unpaired) electrons. The maximum absolute atomic E-state index is 5.81. The average molecular weight is 441 g/mol. The number of aromatic nitrogens is 2. The first-order valence-electron chi connectivity index (χ1n) is 10.7. The molecule has 2 atom stereocenters. The van der Waals surface area contributed by atoms with Crippen LogP contribution in [0.25, 0.3) is 5.69 Å². The van der Waals surface area contributed by atoms with Crippen LogP contribution in [-0.4, -0.2) is 21.3 Å². The molecule has 1 aliphatic rings. The summed E-state index contributed by atoms with van der Waals surface area (Å²) in [6, 6.07) is 26.4. The van der Waals surface area contributed by atoms with Gasteiger partial charge in [-0.3, -0.25) is 4.98 Å². The van der Waals surface area contributed by atoms with Crippen molar-refractivity contribution in [3.8, 4) is 11.4 Å². The Morgan fingerprint density at radius 3 is 2.44 bits per heavy atom. The lowest BCUT2D eigenvalue weighted by molar-refractivity contribution is 0.340. The van der Waals surface area contributed by atoms with Crippen molar-refractivity contribution in [2.45, 2.75) is 19.0 Å². The summed E-state index contributed by atoms with van der Waals surface area (Å²) in [4.78, 5) is 6.80. The minimum atomic E-state index is -0.0677. The van der Waals surface area contributed by atoms with E-state index in [2.05, 4.69) is 62.5 Å². The molecule has 0 spiro atoms. The number of ether oxygens (including phenoxy) is 1. The zero-order chi connectivity index (χ0) is 21.9. The summed E-state index contributed by atoms with van der Waals surface area (Å²) in [6.07, 6.45) is 6.09. The Labute approximate surface area is 193 Å². The second-order valence-corrected chi connectivity index (χ2v) is 8.00. The number of hydrogen-bond acceptors (Lipinski definition) is 3. The van der Waals surface area contributed by atoms with E-state index in [1.165, 1.54) is 0 Å². The SMILES string of the molecule is CCOc1ccc(N2C(=S)N[C@H](c3ccccn3)[C@@H]2c2ccn(-c3ccccc3)c2)cc1. The second kappa shape index (κ2) is 8.85. The molecule has 5 rings (SSSR count). The molecule has 160 valence electrons. The Morgan fingerprint density at radius 2 is 1.72 bits per heavy atom. The van der Waals surface area contributed by atoms with Gasteiger partial charge in [0.05, 0.1) is 24.4 Å². The van der Waals surface area contributed by atoms with Gasteiger partial charge in [-0.25, -0.2) is 0 Å². The Hall–Kier alpha value is -3.64. The van der Waals surface area contributed by atoms with Gasteiger partial charge >= 0.3 is 0 Å². The van der Waals surface area contributed by atoms with Gasteiger partial charge in [-0.15, -0.1) is 0 Å². The highest BCUT2D eigenvalue weighted by molar-refractivity contribution is 7.80. The zero-order valence-corrected chi connectivity index (χ0v) is 18.6. The molecule has 0 amide bonds. The van der Waals surface area contributed by atoms with E-state index in [1.54, 1.807) is 0 Å². The van der Waals surface area contributed by atoms with Gasteiger partial charge in [0, 0.05) is 30.0 Å². The molecule has 1 N–H and O–H groups in total. The van der Waals surface area contributed by atoms with Crippen LogP contribution in [0.3, 0.4) is 0 Å². The van der Waals surface area contributed by atoms with Gasteiger partial charge in [0.2, 0.25) is 0 Å². The fourth-order valence-electron chi connectivity index (χ4n) is 4.19. The number of para-hydroxylation sites is 1. The van der Waals surface area contributed by atoms with Crippen LogP contribution < -0.4 is 15.0 Å². The second-order valence-electron chi connectivity index (χ2n) is 7.61. The van der Waals surface area contributed by atoms with Gasteiger partial charge in [-0.2, -0.15) is 0 Å². The lowest BCUT2D eigenvalue weighted by Gasteiger charge is -2.27. The Kier molecular flexibility index (Phi) is 5.60. The van der Waals surface area contributed by atoms with Crippen molar-refractivity contribution in [1.82, 2.24) is 14.9 Å². The van der Waals surface area contributed by atoms with Gasteiger partial charge in [0.1, 0.15) is 5.75 Å². The Bertz CT molecular complexity index is 1190. The first-order chi connectivity index (χ1) is 15.7. The summed E-state index contributed by atoms with van der Waals surface area (Å²) in [5.74, 6) is 0.849. The Balaban J connectivity index is 1.56. The van der Waals surface area contributed by atoms with Crippen LogP contribution in [0.5, 0.6) is 5.75 Å². The summed E-state index contributed by atoms with van der Waals surface area (Å²) in [7, 11) is 0. The van der Waals surface area contributed by atoms with Gasteiger partial charge in [0.15, 0.2) is 5.11 Å². The lowest BCUT2D eigenvalue weighted by atomic mass is 9.98. The van der Waals surface area contributed by atoms with E-state index in [1.807, 2.05) is 61.7 Å². The third-order valence-electron chi connectivity index (χ3n) is 5.64. The number of nitrogens with one attached hydrogen (secondary N) is 1. The quantitative estimate of drug-likeness (QED) is 0.404. The van der Waals surface area contributed by atoms with Crippen molar-refractivity contribution < 1.29 is 4.74 Å². The van der Waals surface area contributed by atoms with Crippen LogP contribution in [-0.2, 0) is 0 Å². The molecule has 0 bridgehead atoms. The van der Waals surface area contributed by atoms with Gasteiger partial charge in [-0.05, 0) is 79.3 Å². The lowest BCUT2D eigenvalue weighted by Crippen LogP contribution is -2.29. The minimum absolute atomic E-state index is 0.0414. The largest absolute Gasteiger partial charge is 0.494 e. The van der Waals surface area contributed by atoms with Crippen molar-refractivity contribution >= 4 is 23.0 Å². The number of pyridine rings is 1. The summed E-state index contributed by atoms with van der Waals surface area (Å²) >= 11 is 5.81. The van der Waals surface area contributed by atoms with Gasteiger partial charge < -0.3 is 19.5 Å². The highest BCUT2D eigenvalue weighted by Gasteiger charge is 2.41. The molecule has 4 aromatic rings. The normalized spacial score (nSPS) is 17.9. The molecule has 1 aliphatic heterocycles. The monoisotopic (exact) mass is 440 g/mol. The summed E-state index contributed by atoms with van der Waals surface area (Å²) in [5.41, 5.74) is 4.25.